The van der Waals surface area contributed by atoms with Crippen molar-refractivity contribution in [2.24, 2.45) is 0 Å². The first-order valence-electron chi connectivity index (χ1n) is 5.30. The Labute approximate surface area is 131 Å². The quantitative estimate of drug-likeness (QED) is 0.705. The van der Waals surface area contributed by atoms with Crippen molar-refractivity contribution in [2.45, 2.75) is 0 Å². The van der Waals surface area contributed by atoms with Crippen molar-refractivity contribution in [2.75, 3.05) is 5.32 Å². The summed E-state index contributed by atoms with van der Waals surface area (Å²) in [4.78, 5) is 12.0. The number of anilines is 1. The maximum absolute atomic E-state index is 13.6. The SMILES string of the molecule is O=C(Nc1cc(F)c(Br)cc1F)c1c(Cl)cccc1Cl. The molecule has 0 atom stereocenters. The van der Waals surface area contributed by atoms with Crippen molar-refractivity contribution >= 4 is 50.7 Å². The fraction of sp³-hybridized carbons (Fsp3) is 0. The van der Waals surface area contributed by atoms with E-state index in [0.29, 0.717) is 0 Å². The number of hydrogen-bond acceptors (Lipinski definition) is 1. The maximum Gasteiger partial charge on any atom is 0.258 e. The summed E-state index contributed by atoms with van der Waals surface area (Å²) < 4.78 is 26.9. The summed E-state index contributed by atoms with van der Waals surface area (Å²) in [5, 5.41) is 2.47. The molecule has 0 saturated heterocycles. The number of halogens is 5. The summed E-state index contributed by atoms with van der Waals surface area (Å²) in [7, 11) is 0. The Morgan fingerprint density at radius 3 is 2.30 bits per heavy atom. The standard InChI is InChI=1S/C13H6BrCl2F2NO/c14-6-4-10(18)11(5-9(6)17)19-13(20)12-7(15)2-1-3-8(12)16/h1-5H,(H,19,20). The molecule has 1 amide bonds. The first-order valence-corrected chi connectivity index (χ1v) is 6.85. The van der Waals surface area contributed by atoms with Crippen LogP contribution in [0.25, 0.3) is 0 Å². The van der Waals surface area contributed by atoms with Gasteiger partial charge in [-0.05, 0) is 34.1 Å². The van der Waals surface area contributed by atoms with E-state index in [0.717, 1.165) is 12.1 Å². The van der Waals surface area contributed by atoms with Crippen LogP contribution in [-0.2, 0) is 0 Å². The van der Waals surface area contributed by atoms with Crippen LogP contribution in [0.2, 0.25) is 10.0 Å². The third-order valence-corrected chi connectivity index (χ3v) is 3.69. The largest absolute Gasteiger partial charge is 0.319 e. The number of hydrogen-bond donors (Lipinski definition) is 1. The molecule has 104 valence electrons. The lowest BCUT2D eigenvalue weighted by Crippen LogP contribution is -2.14. The van der Waals surface area contributed by atoms with Gasteiger partial charge in [0.2, 0.25) is 0 Å². The maximum atomic E-state index is 13.6. The van der Waals surface area contributed by atoms with Gasteiger partial charge in [0.1, 0.15) is 11.6 Å². The van der Waals surface area contributed by atoms with E-state index in [1.807, 2.05) is 0 Å². The number of benzene rings is 2. The molecule has 0 aliphatic rings. The lowest BCUT2D eigenvalue weighted by atomic mass is 10.2. The highest BCUT2D eigenvalue weighted by molar-refractivity contribution is 9.10. The summed E-state index contributed by atoms with van der Waals surface area (Å²) >= 11 is 14.6. The van der Waals surface area contributed by atoms with Crippen LogP contribution in [0.15, 0.2) is 34.8 Å². The molecular formula is C13H6BrCl2F2NO. The van der Waals surface area contributed by atoms with Crippen LogP contribution < -0.4 is 5.32 Å². The Kier molecular flexibility index (Phi) is 4.62. The number of carbonyl (C=O) groups excluding carboxylic acids is 1. The molecule has 2 aromatic carbocycles. The van der Waals surface area contributed by atoms with E-state index in [-0.39, 0.29) is 25.8 Å². The van der Waals surface area contributed by atoms with Gasteiger partial charge in [-0.25, -0.2) is 8.78 Å². The van der Waals surface area contributed by atoms with Crippen LogP contribution in [0.3, 0.4) is 0 Å². The Bertz CT molecular complexity index is 674. The third-order valence-electron chi connectivity index (χ3n) is 2.45. The zero-order valence-corrected chi connectivity index (χ0v) is 12.8. The molecule has 2 aromatic rings. The second-order valence-electron chi connectivity index (χ2n) is 3.80. The van der Waals surface area contributed by atoms with E-state index < -0.39 is 17.5 Å². The molecule has 20 heavy (non-hydrogen) atoms. The number of carbonyl (C=O) groups is 1. The normalized spacial score (nSPS) is 10.4. The van der Waals surface area contributed by atoms with Crippen molar-refractivity contribution in [1.29, 1.82) is 0 Å². The topological polar surface area (TPSA) is 29.1 Å². The first-order chi connectivity index (χ1) is 9.40. The van der Waals surface area contributed by atoms with E-state index >= 15 is 0 Å². The summed E-state index contributed by atoms with van der Waals surface area (Å²) in [5.74, 6) is -2.21. The fourth-order valence-electron chi connectivity index (χ4n) is 1.52. The van der Waals surface area contributed by atoms with Crippen molar-refractivity contribution in [3.05, 3.63) is 62.0 Å². The van der Waals surface area contributed by atoms with Crippen LogP contribution in [-0.4, -0.2) is 5.91 Å². The molecule has 0 fully saturated rings. The second-order valence-corrected chi connectivity index (χ2v) is 5.47. The molecule has 2 rings (SSSR count). The lowest BCUT2D eigenvalue weighted by Gasteiger charge is -2.09. The van der Waals surface area contributed by atoms with Gasteiger partial charge in [0.25, 0.3) is 5.91 Å². The van der Waals surface area contributed by atoms with Crippen LogP contribution in [0.5, 0.6) is 0 Å². The molecule has 7 heteroatoms. The van der Waals surface area contributed by atoms with E-state index in [4.69, 9.17) is 23.2 Å². The van der Waals surface area contributed by atoms with Gasteiger partial charge in [-0.15, -0.1) is 0 Å². The van der Waals surface area contributed by atoms with Crippen LogP contribution in [0.4, 0.5) is 14.5 Å². The van der Waals surface area contributed by atoms with Gasteiger partial charge in [-0.1, -0.05) is 29.3 Å². The van der Waals surface area contributed by atoms with Gasteiger partial charge < -0.3 is 5.32 Å². The average Bonchev–Trinajstić information content (AvgIpc) is 2.35. The highest BCUT2D eigenvalue weighted by Gasteiger charge is 2.17. The predicted molar refractivity (Wildman–Crippen MR) is 78.5 cm³/mol. The molecule has 0 unspecified atom stereocenters. The Morgan fingerprint density at radius 1 is 1.10 bits per heavy atom. The summed E-state index contributed by atoms with van der Waals surface area (Å²) in [6.45, 7) is 0. The molecule has 0 spiro atoms. The summed E-state index contributed by atoms with van der Waals surface area (Å²) in [6, 6.07) is 6.30. The third kappa shape index (κ3) is 3.11. The molecular weight excluding hydrogens is 375 g/mol. The Morgan fingerprint density at radius 2 is 1.70 bits per heavy atom. The summed E-state index contributed by atoms with van der Waals surface area (Å²) in [5.41, 5.74) is -0.301. The van der Waals surface area contributed by atoms with Gasteiger partial charge in [-0.2, -0.15) is 0 Å². The lowest BCUT2D eigenvalue weighted by molar-refractivity contribution is 0.102. The van der Waals surface area contributed by atoms with Crippen LogP contribution >= 0.6 is 39.1 Å². The van der Waals surface area contributed by atoms with Gasteiger partial charge in [-0.3, -0.25) is 4.79 Å². The number of amides is 1. The van der Waals surface area contributed by atoms with Crippen molar-refractivity contribution < 1.29 is 13.6 Å². The van der Waals surface area contributed by atoms with E-state index in [1.54, 1.807) is 6.07 Å². The first kappa shape index (κ1) is 15.2. The molecule has 0 saturated carbocycles. The number of nitrogens with one attached hydrogen (secondary N) is 1. The van der Waals surface area contributed by atoms with Gasteiger partial charge in [0, 0.05) is 6.07 Å². The minimum Gasteiger partial charge on any atom is -0.319 e. The molecule has 0 aliphatic carbocycles. The second kappa shape index (κ2) is 6.08. The monoisotopic (exact) mass is 379 g/mol. The Balaban J connectivity index is 2.35. The van der Waals surface area contributed by atoms with E-state index in [2.05, 4.69) is 21.2 Å². The van der Waals surface area contributed by atoms with Crippen molar-refractivity contribution in [3.8, 4) is 0 Å². The van der Waals surface area contributed by atoms with E-state index in [9.17, 15) is 13.6 Å². The molecule has 0 bridgehead atoms. The van der Waals surface area contributed by atoms with Crippen molar-refractivity contribution in [1.82, 2.24) is 0 Å². The minimum atomic E-state index is -0.783. The zero-order chi connectivity index (χ0) is 14.9. The highest BCUT2D eigenvalue weighted by Crippen LogP contribution is 2.27. The minimum absolute atomic E-state index is 0.00133. The van der Waals surface area contributed by atoms with Crippen molar-refractivity contribution in [3.63, 3.8) is 0 Å². The molecule has 2 nitrogen and oxygen atoms in total. The van der Waals surface area contributed by atoms with Gasteiger partial charge in [0.05, 0.1) is 25.8 Å². The smallest absolute Gasteiger partial charge is 0.258 e. The van der Waals surface area contributed by atoms with Crippen LogP contribution in [0, 0.1) is 11.6 Å². The highest BCUT2D eigenvalue weighted by atomic mass is 79.9. The van der Waals surface area contributed by atoms with E-state index in [1.165, 1.54) is 12.1 Å². The number of rotatable bonds is 2. The summed E-state index contributed by atoms with van der Waals surface area (Å²) in [6.07, 6.45) is 0. The zero-order valence-electron chi connectivity index (χ0n) is 9.68. The fourth-order valence-corrected chi connectivity index (χ4v) is 2.40. The van der Waals surface area contributed by atoms with Gasteiger partial charge >= 0.3 is 0 Å². The molecule has 0 radical (unpaired) electrons. The molecule has 0 heterocycles. The predicted octanol–water partition coefficient (Wildman–Crippen LogP) is 5.29. The van der Waals surface area contributed by atoms with Crippen LogP contribution in [0.1, 0.15) is 10.4 Å². The Hall–Kier alpha value is -1.17. The molecule has 0 aromatic heterocycles. The molecule has 0 aliphatic heterocycles. The van der Waals surface area contributed by atoms with Gasteiger partial charge in [0.15, 0.2) is 0 Å². The molecule has 1 N–H and O–H groups in total. The average molecular weight is 381 g/mol.